The van der Waals surface area contributed by atoms with Gasteiger partial charge in [-0.2, -0.15) is 5.21 Å². The van der Waals surface area contributed by atoms with Crippen LogP contribution in [0.15, 0.2) is 30.2 Å². The third kappa shape index (κ3) is 1.10. The molecule has 54 valence electrons. The van der Waals surface area contributed by atoms with Gasteiger partial charge in [0.2, 0.25) is 5.82 Å². The fourth-order valence-corrected chi connectivity index (χ4v) is 0.630. The Morgan fingerprint density at radius 2 is 2.09 bits per heavy atom. The Balaban J connectivity index is 2.81. The molecule has 0 aliphatic carbocycles. The maximum Gasteiger partial charge on any atom is 0.204 e. The topological polar surface area (TPSA) is 54.5 Å². The van der Waals surface area contributed by atoms with Gasteiger partial charge in [0, 0.05) is 5.56 Å². The molecule has 0 atom stereocenters. The number of tetrazole rings is 1. The van der Waals surface area contributed by atoms with E-state index < -0.39 is 18.1 Å². The summed E-state index contributed by atoms with van der Waals surface area (Å²) in [5.41, 5.74) is -0.0558. The average molecular weight is 151 g/mol. The van der Waals surface area contributed by atoms with Crippen molar-refractivity contribution in [3.8, 4) is 11.4 Å². The van der Waals surface area contributed by atoms with Crippen molar-refractivity contribution in [2.75, 3.05) is 0 Å². The number of nitrogens with one attached hydrogen (secondary N) is 1. The first kappa shape index (κ1) is 2.73. The van der Waals surface area contributed by atoms with E-state index in [9.17, 15) is 0 Å². The maximum absolute atomic E-state index is 7.62. The molecule has 0 fully saturated rings. The van der Waals surface area contributed by atoms with Crippen LogP contribution in [-0.2, 0) is 0 Å². The molecule has 1 heterocycles. The lowest BCUT2D eigenvalue weighted by molar-refractivity contribution is 0.881. The van der Waals surface area contributed by atoms with Crippen molar-refractivity contribution in [1.29, 1.82) is 0 Å². The maximum atomic E-state index is 7.62. The van der Waals surface area contributed by atoms with E-state index in [0.717, 1.165) is 0 Å². The number of aromatic nitrogens is 4. The van der Waals surface area contributed by atoms with Crippen LogP contribution in [0.1, 0.15) is 6.85 Å². The molecule has 2 rings (SSSR count). The summed E-state index contributed by atoms with van der Waals surface area (Å²) >= 11 is 0. The molecule has 0 saturated heterocycles. The molecule has 4 nitrogen and oxygen atoms in total. The van der Waals surface area contributed by atoms with Gasteiger partial charge in [0.1, 0.15) is 0 Å². The standard InChI is InChI=1S/C7H6N4/c1-2-4-6(5-3-1)7-8-10-11-9-7/h1-5H,(H,8,9,10,11)/i1D,2D,3D,4D,5D. The Bertz CT molecular complexity index is 509. The molecule has 0 bridgehead atoms. The first-order valence-corrected chi connectivity index (χ1v) is 2.84. The molecule has 11 heavy (non-hydrogen) atoms. The molecule has 0 aliphatic heterocycles. The molecule has 4 heteroatoms. The Kier molecular flexibility index (Phi) is 0.619. The van der Waals surface area contributed by atoms with Crippen molar-refractivity contribution in [2.24, 2.45) is 0 Å². The first-order chi connectivity index (χ1) is 7.54. The van der Waals surface area contributed by atoms with Crippen LogP contribution in [-0.4, -0.2) is 20.6 Å². The highest BCUT2D eigenvalue weighted by Crippen LogP contribution is 2.10. The van der Waals surface area contributed by atoms with Crippen LogP contribution in [0.4, 0.5) is 0 Å². The Morgan fingerprint density at radius 3 is 2.73 bits per heavy atom. The molecular weight excluding hydrogens is 140 g/mol. The van der Waals surface area contributed by atoms with Crippen molar-refractivity contribution in [1.82, 2.24) is 20.6 Å². The second-order valence-electron chi connectivity index (χ2n) is 1.74. The first-order valence-electron chi connectivity index (χ1n) is 5.34. The molecular formula is C7H6N4. The molecule has 1 aromatic heterocycles. The SMILES string of the molecule is [2H]c1c([2H])c([2H])c(-c2nn[nH]n2)c([2H])c1[2H]. The number of benzene rings is 1. The normalized spacial score (nSPS) is 16.2. The second kappa shape index (κ2) is 2.49. The molecule has 1 aromatic carbocycles. The van der Waals surface area contributed by atoms with Gasteiger partial charge in [0.05, 0.1) is 6.85 Å². The fourth-order valence-electron chi connectivity index (χ4n) is 0.630. The number of H-pyrrole nitrogens is 1. The summed E-state index contributed by atoms with van der Waals surface area (Å²) in [6.45, 7) is 0. The van der Waals surface area contributed by atoms with Gasteiger partial charge in [-0.15, -0.1) is 10.2 Å². The highest BCUT2D eigenvalue weighted by molar-refractivity contribution is 5.52. The summed E-state index contributed by atoms with van der Waals surface area (Å²) in [5.74, 6) is -0.0167. The average Bonchev–Trinajstić information content (AvgIpc) is 2.77. The van der Waals surface area contributed by atoms with E-state index in [1.165, 1.54) is 0 Å². The molecule has 0 unspecified atom stereocenters. The number of hydrogen-bond donors (Lipinski definition) is 1. The van der Waals surface area contributed by atoms with Crippen LogP contribution < -0.4 is 0 Å². The number of hydrogen-bond acceptors (Lipinski definition) is 3. The molecule has 0 amide bonds. The van der Waals surface area contributed by atoms with Crippen molar-refractivity contribution >= 4 is 0 Å². The van der Waals surface area contributed by atoms with E-state index in [4.69, 9.17) is 6.85 Å². The number of rotatable bonds is 1. The van der Waals surface area contributed by atoms with Crippen molar-refractivity contribution in [3.05, 3.63) is 30.2 Å². The molecule has 0 radical (unpaired) electrons. The number of nitrogens with zero attached hydrogens (tertiary/aromatic N) is 3. The minimum atomic E-state index is -0.442. The Hall–Kier alpha value is -1.71. The minimum absolute atomic E-state index is 0.0167. The predicted molar refractivity (Wildman–Crippen MR) is 39.6 cm³/mol. The highest BCUT2D eigenvalue weighted by Gasteiger charge is 1.98. The lowest BCUT2D eigenvalue weighted by Gasteiger charge is -1.89. The molecule has 0 aliphatic rings. The summed E-state index contributed by atoms with van der Waals surface area (Å²) in [4.78, 5) is 0. The summed E-state index contributed by atoms with van der Waals surface area (Å²) in [7, 11) is 0. The predicted octanol–water partition coefficient (Wildman–Crippen LogP) is 0.867. The third-order valence-corrected chi connectivity index (χ3v) is 1.07. The van der Waals surface area contributed by atoms with Crippen LogP contribution in [0.3, 0.4) is 0 Å². The zero-order valence-corrected chi connectivity index (χ0v) is 5.34. The van der Waals surface area contributed by atoms with Crippen molar-refractivity contribution in [3.63, 3.8) is 0 Å². The van der Waals surface area contributed by atoms with Gasteiger partial charge in [0.15, 0.2) is 0 Å². The molecule has 0 saturated carbocycles. The molecule has 0 spiro atoms. The van der Waals surface area contributed by atoms with E-state index in [2.05, 4.69) is 20.6 Å². The van der Waals surface area contributed by atoms with E-state index >= 15 is 0 Å². The van der Waals surface area contributed by atoms with Crippen LogP contribution in [0.5, 0.6) is 0 Å². The third-order valence-electron chi connectivity index (χ3n) is 1.07. The van der Waals surface area contributed by atoms with Gasteiger partial charge in [0.25, 0.3) is 0 Å². The lowest BCUT2D eigenvalue weighted by Crippen LogP contribution is -1.78. The Morgan fingerprint density at radius 1 is 1.27 bits per heavy atom. The van der Waals surface area contributed by atoms with Gasteiger partial charge >= 0.3 is 0 Å². The smallest absolute Gasteiger partial charge is 0.177 e. The zero-order chi connectivity index (χ0) is 11.9. The van der Waals surface area contributed by atoms with Gasteiger partial charge in [-0.05, 0) is 5.21 Å². The van der Waals surface area contributed by atoms with E-state index in [1.54, 1.807) is 0 Å². The van der Waals surface area contributed by atoms with Gasteiger partial charge in [-0.1, -0.05) is 30.2 Å². The quantitative estimate of drug-likeness (QED) is 0.657. The zero-order valence-electron chi connectivity index (χ0n) is 10.3. The minimum Gasteiger partial charge on any atom is -0.177 e. The molecule has 2 aromatic rings. The van der Waals surface area contributed by atoms with Gasteiger partial charge in [-0.25, -0.2) is 0 Å². The summed E-state index contributed by atoms with van der Waals surface area (Å²) < 4.78 is 37.5. The van der Waals surface area contributed by atoms with Crippen LogP contribution in [0.2, 0.25) is 0 Å². The van der Waals surface area contributed by atoms with E-state index in [0.29, 0.717) is 0 Å². The van der Waals surface area contributed by atoms with Crippen molar-refractivity contribution in [2.45, 2.75) is 0 Å². The van der Waals surface area contributed by atoms with Gasteiger partial charge in [-0.3, -0.25) is 0 Å². The van der Waals surface area contributed by atoms with Crippen LogP contribution in [0, 0.1) is 0 Å². The largest absolute Gasteiger partial charge is 0.204 e. The summed E-state index contributed by atoms with van der Waals surface area (Å²) in [6.07, 6.45) is 0. The summed E-state index contributed by atoms with van der Waals surface area (Å²) in [6, 6.07) is -1.95. The van der Waals surface area contributed by atoms with E-state index in [-0.39, 0.29) is 23.5 Å². The van der Waals surface area contributed by atoms with Crippen molar-refractivity contribution < 1.29 is 6.85 Å². The van der Waals surface area contributed by atoms with Crippen LogP contribution >= 0.6 is 0 Å². The lowest BCUT2D eigenvalue weighted by atomic mass is 10.2. The second-order valence-corrected chi connectivity index (χ2v) is 1.74. The summed E-state index contributed by atoms with van der Waals surface area (Å²) in [5, 5.41) is 12.7. The monoisotopic (exact) mass is 151 g/mol. The Labute approximate surface area is 70.3 Å². The highest BCUT2D eigenvalue weighted by atomic mass is 15.5. The molecule has 1 N–H and O–H groups in total. The number of aromatic amines is 1. The van der Waals surface area contributed by atoms with E-state index in [1.807, 2.05) is 0 Å². The fraction of sp³-hybridized carbons (Fsp3) is 0. The van der Waals surface area contributed by atoms with Gasteiger partial charge < -0.3 is 0 Å². The van der Waals surface area contributed by atoms with Crippen LogP contribution in [0.25, 0.3) is 11.4 Å².